The van der Waals surface area contributed by atoms with Crippen molar-refractivity contribution < 1.29 is 29.6 Å². The van der Waals surface area contributed by atoms with Gasteiger partial charge < -0.3 is 15.4 Å². The molecule has 1 fully saturated rings. The molecule has 0 saturated carbocycles. The van der Waals surface area contributed by atoms with Crippen molar-refractivity contribution in [2.24, 2.45) is 0 Å². The molecule has 1 aliphatic heterocycles. The third-order valence-corrected chi connectivity index (χ3v) is 6.92. The Balaban J connectivity index is 1.58. The lowest BCUT2D eigenvalue weighted by atomic mass is 10.1. The number of rotatable bonds is 10. The summed E-state index contributed by atoms with van der Waals surface area (Å²) in [7, 11) is -5.12. The van der Waals surface area contributed by atoms with Crippen LogP contribution in [0.3, 0.4) is 0 Å². The summed E-state index contributed by atoms with van der Waals surface area (Å²) in [5, 5.41) is 5.69. The SMILES string of the molecule is [2H]C([2H])([2H])c1cnc(Nc2ccc(OCCN3CCCC3)cc2)nc1Nc1cccc(S(=O)(=O)NC(C([2H])([2H])[2H])(C([2H])([2H])[2H])C([2H])([2H])[2H])c1. The molecule has 3 N–H and O–H groups in total. The summed E-state index contributed by atoms with van der Waals surface area (Å²) < 4.78 is 127. The van der Waals surface area contributed by atoms with E-state index in [1.54, 1.807) is 24.3 Å². The molecular formula is C27H36N6O3S. The Labute approximate surface area is 236 Å². The molecule has 9 nitrogen and oxygen atoms in total. The van der Waals surface area contributed by atoms with Crippen LogP contribution < -0.4 is 20.1 Å². The Morgan fingerprint density at radius 2 is 1.84 bits per heavy atom. The fourth-order valence-electron chi connectivity index (χ4n) is 3.74. The van der Waals surface area contributed by atoms with Crippen LogP contribution in [0.25, 0.3) is 0 Å². The molecule has 1 aromatic heterocycles. The summed E-state index contributed by atoms with van der Waals surface area (Å²) in [5.41, 5.74) is -3.68. The number of likely N-dealkylation sites (tertiary alicyclic amines) is 1. The Morgan fingerprint density at radius 1 is 1.05 bits per heavy atom. The summed E-state index contributed by atoms with van der Waals surface area (Å²) in [5.74, 6) is 0.411. The number of aromatic nitrogens is 2. The second kappa shape index (κ2) is 11.5. The predicted molar refractivity (Wildman–Crippen MR) is 147 cm³/mol. The maximum atomic E-state index is 13.4. The molecule has 2 aromatic carbocycles. The molecule has 0 aliphatic carbocycles. The topological polar surface area (TPSA) is 108 Å². The van der Waals surface area contributed by atoms with Crippen LogP contribution in [-0.2, 0) is 10.0 Å². The number of sulfonamides is 1. The van der Waals surface area contributed by atoms with Gasteiger partial charge in [0.05, 0.1) is 4.90 Å². The van der Waals surface area contributed by atoms with Gasteiger partial charge in [-0.2, -0.15) is 4.98 Å². The van der Waals surface area contributed by atoms with Gasteiger partial charge in [-0.3, -0.25) is 4.90 Å². The van der Waals surface area contributed by atoms with E-state index in [-0.39, 0.29) is 23.0 Å². The molecule has 1 aliphatic rings. The largest absolute Gasteiger partial charge is 0.492 e. The number of benzene rings is 2. The van der Waals surface area contributed by atoms with Gasteiger partial charge in [0.25, 0.3) is 0 Å². The van der Waals surface area contributed by atoms with Crippen LogP contribution in [0, 0.1) is 6.85 Å². The molecule has 0 unspecified atom stereocenters. The van der Waals surface area contributed by atoms with Crippen molar-refractivity contribution in [1.82, 2.24) is 19.6 Å². The Kier molecular flexibility index (Phi) is 4.72. The van der Waals surface area contributed by atoms with Crippen LogP contribution >= 0.6 is 0 Å². The lowest BCUT2D eigenvalue weighted by molar-refractivity contribution is 0.238. The number of nitrogens with one attached hydrogen (secondary N) is 3. The van der Waals surface area contributed by atoms with E-state index in [0.717, 1.165) is 38.0 Å². The van der Waals surface area contributed by atoms with E-state index in [1.807, 2.05) is 0 Å². The van der Waals surface area contributed by atoms with Gasteiger partial charge in [-0.25, -0.2) is 18.1 Å². The molecular weight excluding hydrogens is 488 g/mol. The first kappa shape index (κ1) is 15.3. The van der Waals surface area contributed by atoms with Crippen LogP contribution in [0.1, 0.15) is 55.4 Å². The lowest BCUT2D eigenvalue weighted by Gasteiger charge is -2.20. The average Bonchev–Trinajstić information content (AvgIpc) is 3.48. The molecule has 1 saturated heterocycles. The fourth-order valence-corrected chi connectivity index (χ4v) is 4.80. The van der Waals surface area contributed by atoms with Crippen LogP contribution in [0.2, 0.25) is 0 Å². The number of nitrogens with zero attached hydrogens (tertiary/aromatic N) is 3. The van der Waals surface area contributed by atoms with Gasteiger partial charge >= 0.3 is 0 Å². The minimum absolute atomic E-state index is 0.0125. The highest BCUT2D eigenvalue weighted by Gasteiger charge is 2.22. The van der Waals surface area contributed by atoms with E-state index >= 15 is 0 Å². The number of aryl methyl sites for hydroxylation is 1. The van der Waals surface area contributed by atoms with Gasteiger partial charge in [-0.1, -0.05) is 6.07 Å². The fraction of sp³-hybridized carbons (Fsp3) is 0.407. The van der Waals surface area contributed by atoms with E-state index in [2.05, 4.69) is 25.5 Å². The lowest BCUT2D eigenvalue weighted by Crippen LogP contribution is -2.40. The van der Waals surface area contributed by atoms with Crippen LogP contribution in [-0.4, -0.2) is 55.1 Å². The molecule has 2 heterocycles. The maximum absolute atomic E-state index is 13.4. The molecule has 37 heavy (non-hydrogen) atoms. The van der Waals surface area contributed by atoms with Gasteiger partial charge in [0.2, 0.25) is 16.0 Å². The zero-order valence-electron chi connectivity index (χ0n) is 31.9. The van der Waals surface area contributed by atoms with Crippen molar-refractivity contribution in [3.63, 3.8) is 0 Å². The first-order valence-electron chi connectivity index (χ1n) is 17.5. The second-order valence-corrected chi connectivity index (χ2v) is 10.2. The molecule has 4 rings (SSSR count). The highest BCUT2D eigenvalue weighted by Crippen LogP contribution is 2.24. The standard InChI is InChI=1S/C27H36N6O3S/c1-20-19-28-26(30-21-10-12-23(13-11-21)36-17-16-33-14-5-6-15-33)31-25(20)29-22-8-7-9-24(18-22)37(34,35)32-27(2,3)4/h7-13,18-19,32H,5-6,14-17H2,1-4H3,(H2,28,29,30,31)/i1D3,2D3,3D3,4D3. The number of ether oxygens (including phenoxy) is 1. The zero-order valence-corrected chi connectivity index (χ0v) is 20.7. The Bertz CT molecular complexity index is 1670. The highest BCUT2D eigenvalue weighted by atomic mass is 32.2. The molecule has 0 bridgehead atoms. The minimum atomic E-state index is -5.12. The van der Waals surface area contributed by atoms with Gasteiger partial charge in [0, 0.05) is 51.7 Å². The van der Waals surface area contributed by atoms with Crippen LogP contribution in [0.4, 0.5) is 23.1 Å². The summed E-state index contributed by atoms with van der Waals surface area (Å²) in [6.07, 6.45) is 3.45. The minimum Gasteiger partial charge on any atom is -0.492 e. The third-order valence-electron chi connectivity index (χ3n) is 5.47. The summed E-state index contributed by atoms with van der Waals surface area (Å²) in [6, 6.07) is 11.4. The molecule has 0 spiro atoms. The number of anilines is 4. The number of hydrogen-bond acceptors (Lipinski definition) is 8. The molecule has 10 heteroatoms. The molecule has 198 valence electrons. The van der Waals surface area contributed by atoms with Crippen molar-refractivity contribution in [1.29, 1.82) is 0 Å². The van der Waals surface area contributed by atoms with E-state index in [1.165, 1.54) is 29.7 Å². The van der Waals surface area contributed by atoms with Crippen molar-refractivity contribution >= 4 is 33.2 Å². The van der Waals surface area contributed by atoms with Gasteiger partial charge in [0.1, 0.15) is 18.2 Å². The normalized spacial score (nSPS) is 20.6. The predicted octanol–water partition coefficient (Wildman–Crippen LogP) is 4.82. The van der Waals surface area contributed by atoms with E-state index in [9.17, 15) is 8.42 Å². The first-order valence-corrected chi connectivity index (χ1v) is 13.0. The van der Waals surface area contributed by atoms with E-state index < -0.39 is 47.9 Å². The van der Waals surface area contributed by atoms with E-state index in [4.69, 9.17) is 21.2 Å². The Hall–Kier alpha value is -3.21. The highest BCUT2D eigenvalue weighted by molar-refractivity contribution is 7.89. The average molecular weight is 537 g/mol. The van der Waals surface area contributed by atoms with Crippen molar-refractivity contribution in [2.45, 2.75) is 50.7 Å². The third kappa shape index (κ3) is 7.88. The van der Waals surface area contributed by atoms with Gasteiger partial charge in [0.15, 0.2) is 0 Å². The zero-order chi connectivity index (χ0) is 36.5. The van der Waals surface area contributed by atoms with Crippen molar-refractivity contribution in [3.05, 3.63) is 60.3 Å². The van der Waals surface area contributed by atoms with Crippen molar-refractivity contribution in [3.8, 4) is 5.75 Å². The quantitative estimate of drug-likeness (QED) is 0.338. The molecule has 3 aromatic rings. The summed E-state index contributed by atoms with van der Waals surface area (Å²) in [6.45, 7) is -10.7. The Morgan fingerprint density at radius 3 is 2.57 bits per heavy atom. The van der Waals surface area contributed by atoms with Crippen LogP contribution in [0.15, 0.2) is 59.6 Å². The first-order chi connectivity index (χ1) is 22.5. The van der Waals surface area contributed by atoms with Gasteiger partial charge in [-0.15, -0.1) is 0 Å². The van der Waals surface area contributed by atoms with E-state index in [0.29, 0.717) is 18.0 Å². The monoisotopic (exact) mass is 536 g/mol. The molecule has 0 amide bonds. The smallest absolute Gasteiger partial charge is 0.241 e. The molecule has 0 radical (unpaired) electrons. The van der Waals surface area contributed by atoms with Crippen molar-refractivity contribution in [2.75, 3.05) is 36.9 Å². The second-order valence-electron chi connectivity index (χ2n) is 8.51. The number of hydrogen-bond donors (Lipinski definition) is 3. The molecule has 0 atom stereocenters. The maximum Gasteiger partial charge on any atom is 0.241 e. The van der Waals surface area contributed by atoms with Crippen LogP contribution in [0.5, 0.6) is 5.75 Å². The van der Waals surface area contributed by atoms with Gasteiger partial charge in [-0.05, 0) is 95.8 Å². The summed E-state index contributed by atoms with van der Waals surface area (Å²) in [4.78, 5) is 10.0. The summed E-state index contributed by atoms with van der Waals surface area (Å²) >= 11 is 0.